The first-order valence-corrected chi connectivity index (χ1v) is 6.59. The van der Waals surface area contributed by atoms with E-state index in [1.807, 2.05) is 11.8 Å². The van der Waals surface area contributed by atoms with Crippen molar-refractivity contribution in [3.8, 4) is 12.3 Å². The van der Waals surface area contributed by atoms with Crippen molar-refractivity contribution in [2.45, 2.75) is 24.7 Å². The standard InChI is InChI=1S/C14H19NS/c1-4-9-15-10-11-16-14-7-5-13(6-8-14)12(2)3/h1,5-8,12,15H,9-11H2,2-3H3. The lowest BCUT2D eigenvalue weighted by molar-refractivity contribution is 0.818. The Morgan fingerprint density at radius 3 is 2.56 bits per heavy atom. The summed E-state index contributed by atoms with van der Waals surface area (Å²) in [4.78, 5) is 1.33. The summed E-state index contributed by atoms with van der Waals surface area (Å²) in [5.41, 5.74) is 1.40. The smallest absolute Gasteiger partial charge is 0.0574 e. The predicted octanol–water partition coefficient (Wildman–Crippen LogP) is 3.12. The number of thioether (sulfide) groups is 1. The van der Waals surface area contributed by atoms with Gasteiger partial charge in [-0.25, -0.2) is 0 Å². The van der Waals surface area contributed by atoms with Crippen molar-refractivity contribution in [1.82, 2.24) is 5.32 Å². The first-order chi connectivity index (χ1) is 7.74. The third-order valence-electron chi connectivity index (χ3n) is 2.32. The molecule has 0 aromatic heterocycles. The Hall–Kier alpha value is -0.910. The summed E-state index contributed by atoms with van der Waals surface area (Å²) in [5, 5.41) is 3.18. The molecule has 86 valence electrons. The molecule has 0 fully saturated rings. The second kappa shape index (κ2) is 7.38. The Balaban J connectivity index is 2.30. The molecule has 0 aliphatic rings. The van der Waals surface area contributed by atoms with Gasteiger partial charge in [0.25, 0.3) is 0 Å². The van der Waals surface area contributed by atoms with Gasteiger partial charge in [0.2, 0.25) is 0 Å². The van der Waals surface area contributed by atoms with Crippen molar-refractivity contribution >= 4 is 11.8 Å². The van der Waals surface area contributed by atoms with Gasteiger partial charge in [0.1, 0.15) is 0 Å². The maximum absolute atomic E-state index is 5.15. The fraction of sp³-hybridized carbons (Fsp3) is 0.429. The summed E-state index contributed by atoms with van der Waals surface area (Å²) in [5.74, 6) is 4.23. The van der Waals surface area contributed by atoms with Crippen molar-refractivity contribution in [3.63, 3.8) is 0 Å². The molecule has 0 aliphatic carbocycles. The van der Waals surface area contributed by atoms with E-state index in [0.29, 0.717) is 12.5 Å². The number of nitrogens with one attached hydrogen (secondary N) is 1. The molecule has 16 heavy (non-hydrogen) atoms. The number of terminal acetylenes is 1. The van der Waals surface area contributed by atoms with E-state index >= 15 is 0 Å². The predicted molar refractivity (Wildman–Crippen MR) is 73.0 cm³/mol. The zero-order valence-electron chi connectivity index (χ0n) is 9.99. The highest BCUT2D eigenvalue weighted by molar-refractivity contribution is 7.99. The van der Waals surface area contributed by atoms with Gasteiger partial charge in [-0.3, -0.25) is 0 Å². The molecule has 1 aromatic carbocycles. The average molecular weight is 233 g/mol. The van der Waals surface area contributed by atoms with E-state index in [9.17, 15) is 0 Å². The molecule has 1 aromatic rings. The van der Waals surface area contributed by atoms with Crippen molar-refractivity contribution in [3.05, 3.63) is 29.8 Å². The van der Waals surface area contributed by atoms with Crippen LogP contribution >= 0.6 is 11.8 Å². The van der Waals surface area contributed by atoms with E-state index in [2.05, 4.69) is 49.4 Å². The molecule has 0 aliphatic heterocycles. The Morgan fingerprint density at radius 1 is 1.31 bits per heavy atom. The van der Waals surface area contributed by atoms with Gasteiger partial charge in [0.05, 0.1) is 6.54 Å². The van der Waals surface area contributed by atoms with Crippen LogP contribution in [0.3, 0.4) is 0 Å². The normalized spacial score (nSPS) is 10.4. The zero-order valence-corrected chi connectivity index (χ0v) is 10.8. The van der Waals surface area contributed by atoms with Gasteiger partial charge in [-0.2, -0.15) is 0 Å². The molecular weight excluding hydrogens is 214 g/mol. The van der Waals surface area contributed by atoms with E-state index in [1.165, 1.54) is 10.5 Å². The first kappa shape index (κ1) is 13.2. The van der Waals surface area contributed by atoms with Crippen LogP contribution in [0.2, 0.25) is 0 Å². The van der Waals surface area contributed by atoms with Gasteiger partial charge in [-0.15, -0.1) is 18.2 Å². The summed E-state index contributed by atoms with van der Waals surface area (Å²) >= 11 is 1.86. The Labute approximate surface area is 103 Å². The van der Waals surface area contributed by atoms with Gasteiger partial charge in [0.15, 0.2) is 0 Å². The monoisotopic (exact) mass is 233 g/mol. The van der Waals surface area contributed by atoms with Gasteiger partial charge in [0, 0.05) is 17.2 Å². The lowest BCUT2D eigenvalue weighted by Crippen LogP contribution is -2.16. The maximum atomic E-state index is 5.15. The van der Waals surface area contributed by atoms with Crippen LogP contribution in [0.1, 0.15) is 25.3 Å². The van der Waals surface area contributed by atoms with Crippen LogP contribution in [0, 0.1) is 12.3 Å². The van der Waals surface area contributed by atoms with Crippen LogP contribution in [-0.2, 0) is 0 Å². The highest BCUT2D eigenvalue weighted by Gasteiger charge is 1.98. The Kier molecular flexibility index (Phi) is 6.07. The SMILES string of the molecule is C#CCNCCSc1ccc(C(C)C)cc1. The number of hydrogen-bond donors (Lipinski definition) is 1. The lowest BCUT2D eigenvalue weighted by Gasteiger charge is -2.06. The second-order valence-corrected chi connectivity index (χ2v) is 5.12. The minimum atomic E-state index is 0.608. The molecule has 0 saturated carbocycles. The first-order valence-electron chi connectivity index (χ1n) is 5.61. The molecule has 0 heterocycles. The largest absolute Gasteiger partial charge is 0.305 e. The van der Waals surface area contributed by atoms with Crippen LogP contribution in [0.25, 0.3) is 0 Å². The molecule has 0 bridgehead atoms. The van der Waals surface area contributed by atoms with E-state index in [4.69, 9.17) is 6.42 Å². The van der Waals surface area contributed by atoms with Crippen molar-refractivity contribution in [1.29, 1.82) is 0 Å². The van der Waals surface area contributed by atoms with E-state index in [-0.39, 0.29) is 0 Å². The third-order valence-corrected chi connectivity index (χ3v) is 3.34. The van der Waals surface area contributed by atoms with E-state index in [1.54, 1.807) is 0 Å². The molecule has 1 nitrogen and oxygen atoms in total. The topological polar surface area (TPSA) is 12.0 Å². The van der Waals surface area contributed by atoms with Crippen LogP contribution in [0.4, 0.5) is 0 Å². The van der Waals surface area contributed by atoms with Crippen LogP contribution in [0.15, 0.2) is 29.2 Å². The summed E-state index contributed by atoms with van der Waals surface area (Å²) in [7, 11) is 0. The number of benzene rings is 1. The highest BCUT2D eigenvalue weighted by atomic mass is 32.2. The Bertz CT molecular complexity index is 335. The Morgan fingerprint density at radius 2 is 2.00 bits per heavy atom. The molecule has 0 spiro atoms. The van der Waals surface area contributed by atoms with Crippen molar-refractivity contribution in [2.75, 3.05) is 18.8 Å². The quantitative estimate of drug-likeness (QED) is 0.460. The molecule has 0 unspecified atom stereocenters. The van der Waals surface area contributed by atoms with Crippen molar-refractivity contribution < 1.29 is 0 Å². The molecule has 2 heteroatoms. The molecule has 0 radical (unpaired) electrons. The average Bonchev–Trinajstić information content (AvgIpc) is 2.29. The number of rotatable bonds is 6. The van der Waals surface area contributed by atoms with Crippen LogP contribution in [-0.4, -0.2) is 18.8 Å². The summed E-state index contributed by atoms with van der Waals surface area (Å²) in [6, 6.07) is 8.81. The molecule has 0 saturated heterocycles. The summed E-state index contributed by atoms with van der Waals surface area (Å²) in [6.45, 7) is 6.05. The molecule has 0 atom stereocenters. The third kappa shape index (κ3) is 4.74. The summed E-state index contributed by atoms with van der Waals surface area (Å²) < 4.78 is 0. The van der Waals surface area contributed by atoms with Crippen LogP contribution < -0.4 is 5.32 Å². The molecular formula is C14H19NS. The number of hydrogen-bond acceptors (Lipinski definition) is 2. The van der Waals surface area contributed by atoms with E-state index < -0.39 is 0 Å². The highest BCUT2D eigenvalue weighted by Crippen LogP contribution is 2.21. The maximum Gasteiger partial charge on any atom is 0.0574 e. The summed E-state index contributed by atoms with van der Waals surface area (Å²) in [6.07, 6.45) is 5.15. The minimum absolute atomic E-state index is 0.608. The van der Waals surface area contributed by atoms with Crippen LogP contribution in [0.5, 0.6) is 0 Å². The van der Waals surface area contributed by atoms with Gasteiger partial charge in [-0.05, 0) is 23.6 Å². The van der Waals surface area contributed by atoms with E-state index in [0.717, 1.165) is 12.3 Å². The fourth-order valence-electron chi connectivity index (χ4n) is 1.35. The van der Waals surface area contributed by atoms with Gasteiger partial charge < -0.3 is 5.32 Å². The molecule has 0 amide bonds. The minimum Gasteiger partial charge on any atom is -0.305 e. The second-order valence-electron chi connectivity index (χ2n) is 3.95. The van der Waals surface area contributed by atoms with Gasteiger partial charge in [-0.1, -0.05) is 31.9 Å². The molecule has 1 N–H and O–H groups in total. The molecule has 1 rings (SSSR count). The lowest BCUT2D eigenvalue weighted by atomic mass is 10.0. The van der Waals surface area contributed by atoms with Crippen molar-refractivity contribution in [2.24, 2.45) is 0 Å². The zero-order chi connectivity index (χ0) is 11.8. The fourth-order valence-corrected chi connectivity index (χ4v) is 2.16. The van der Waals surface area contributed by atoms with Gasteiger partial charge >= 0.3 is 0 Å².